The smallest absolute Gasteiger partial charge is 0.229 e. The number of carbonyl (C=O) groups is 1. The standard InChI is InChI=1S/C15H15ClN4O/c1-3-13-12(9-17)15(20(2)19-13)18-14(21)8-10-5-4-6-11(16)7-10/h4-7H,3,8H2,1-2H3,(H,18,21). The molecule has 0 fully saturated rings. The minimum absolute atomic E-state index is 0.193. The Balaban J connectivity index is 2.17. The Morgan fingerprint density at radius 2 is 2.29 bits per heavy atom. The summed E-state index contributed by atoms with van der Waals surface area (Å²) in [5.41, 5.74) is 1.91. The molecule has 108 valence electrons. The van der Waals surface area contributed by atoms with E-state index in [0.717, 1.165) is 5.56 Å². The molecule has 6 heteroatoms. The SMILES string of the molecule is CCc1nn(C)c(NC(=O)Cc2cccc(Cl)c2)c1C#N. The fourth-order valence-corrected chi connectivity index (χ4v) is 2.31. The first-order valence-electron chi connectivity index (χ1n) is 6.55. The molecule has 1 N–H and O–H groups in total. The molecule has 5 nitrogen and oxygen atoms in total. The van der Waals surface area contributed by atoms with Crippen LogP contribution in [0.1, 0.15) is 23.7 Å². The Labute approximate surface area is 128 Å². The van der Waals surface area contributed by atoms with Crippen molar-refractivity contribution >= 4 is 23.3 Å². The van der Waals surface area contributed by atoms with Gasteiger partial charge in [0.15, 0.2) is 0 Å². The van der Waals surface area contributed by atoms with Crippen LogP contribution in [0.15, 0.2) is 24.3 Å². The van der Waals surface area contributed by atoms with E-state index in [2.05, 4.69) is 16.5 Å². The fourth-order valence-electron chi connectivity index (χ4n) is 2.10. The molecule has 0 aliphatic heterocycles. The Bertz CT molecular complexity index is 715. The molecule has 0 radical (unpaired) electrons. The van der Waals surface area contributed by atoms with Gasteiger partial charge in [-0.05, 0) is 24.1 Å². The van der Waals surface area contributed by atoms with E-state index in [0.29, 0.717) is 28.5 Å². The van der Waals surface area contributed by atoms with Crippen molar-refractivity contribution < 1.29 is 4.79 Å². The average Bonchev–Trinajstić information content (AvgIpc) is 2.74. The lowest BCUT2D eigenvalue weighted by Gasteiger charge is -2.06. The summed E-state index contributed by atoms with van der Waals surface area (Å²) in [6.45, 7) is 1.92. The molecule has 1 aromatic carbocycles. The van der Waals surface area contributed by atoms with E-state index in [1.807, 2.05) is 13.0 Å². The molecule has 1 aromatic heterocycles. The minimum atomic E-state index is -0.209. The third-order valence-electron chi connectivity index (χ3n) is 3.08. The monoisotopic (exact) mass is 302 g/mol. The number of nitrogens with zero attached hydrogens (tertiary/aromatic N) is 3. The number of hydrogen-bond donors (Lipinski definition) is 1. The predicted molar refractivity (Wildman–Crippen MR) is 81.1 cm³/mol. The highest BCUT2D eigenvalue weighted by molar-refractivity contribution is 6.30. The van der Waals surface area contributed by atoms with E-state index in [-0.39, 0.29) is 12.3 Å². The molecule has 0 spiro atoms. The maximum atomic E-state index is 12.1. The molecule has 1 amide bonds. The maximum absolute atomic E-state index is 12.1. The van der Waals surface area contributed by atoms with Gasteiger partial charge in [0.05, 0.1) is 12.1 Å². The van der Waals surface area contributed by atoms with E-state index in [4.69, 9.17) is 11.6 Å². The number of aryl methyl sites for hydroxylation is 2. The third-order valence-corrected chi connectivity index (χ3v) is 3.31. The van der Waals surface area contributed by atoms with Crippen LogP contribution in [0.5, 0.6) is 0 Å². The lowest BCUT2D eigenvalue weighted by atomic mass is 10.1. The molecule has 21 heavy (non-hydrogen) atoms. The number of carbonyl (C=O) groups excluding carboxylic acids is 1. The number of aromatic nitrogens is 2. The number of nitriles is 1. The molecule has 0 aliphatic carbocycles. The van der Waals surface area contributed by atoms with Gasteiger partial charge >= 0.3 is 0 Å². The quantitative estimate of drug-likeness (QED) is 0.944. The molecule has 0 atom stereocenters. The van der Waals surface area contributed by atoms with Crippen molar-refractivity contribution in [3.63, 3.8) is 0 Å². The van der Waals surface area contributed by atoms with Crippen LogP contribution in [-0.4, -0.2) is 15.7 Å². The molecule has 1 heterocycles. The van der Waals surface area contributed by atoms with Gasteiger partial charge < -0.3 is 5.32 Å². The van der Waals surface area contributed by atoms with Crippen molar-refractivity contribution in [2.75, 3.05) is 5.32 Å². The number of nitrogens with one attached hydrogen (secondary N) is 1. The fraction of sp³-hybridized carbons (Fsp3) is 0.267. The van der Waals surface area contributed by atoms with Gasteiger partial charge in [0.2, 0.25) is 5.91 Å². The van der Waals surface area contributed by atoms with Crippen molar-refractivity contribution in [3.8, 4) is 6.07 Å². The Hall–Kier alpha value is -2.32. The summed E-state index contributed by atoms with van der Waals surface area (Å²) in [6, 6.07) is 9.22. The van der Waals surface area contributed by atoms with Crippen LogP contribution in [0.2, 0.25) is 5.02 Å². The highest BCUT2D eigenvalue weighted by Crippen LogP contribution is 2.19. The summed E-state index contributed by atoms with van der Waals surface area (Å²) in [6.07, 6.45) is 0.832. The molecule has 0 bridgehead atoms. The second-order valence-corrected chi connectivity index (χ2v) is 5.05. The Morgan fingerprint density at radius 3 is 2.90 bits per heavy atom. The van der Waals surface area contributed by atoms with Crippen LogP contribution >= 0.6 is 11.6 Å². The summed E-state index contributed by atoms with van der Waals surface area (Å²) in [7, 11) is 1.70. The predicted octanol–water partition coefficient (Wildman–Crippen LogP) is 2.69. The van der Waals surface area contributed by atoms with E-state index >= 15 is 0 Å². The van der Waals surface area contributed by atoms with E-state index in [1.165, 1.54) is 4.68 Å². The number of amides is 1. The van der Waals surface area contributed by atoms with Crippen LogP contribution in [0, 0.1) is 11.3 Å². The lowest BCUT2D eigenvalue weighted by Crippen LogP contribution is -2.17. The van der Waals surface area contributed by atoms with Gasteiger partial charge in [-0.2, -0.15) is 10.4 Å². The van der Waals surface area contributed by atoms with Gasteiger partial charge in [0.1, 0.15) is 17.5 Å². The topological polar surface area (TPSA) is 70.7 Å². The normalized spacial score (nSPS) is 10.2. The molecular formula is C15H15ClN4O. The van der Waals surface area contributed by atoms with Crippen molar-refractivity contribution in [2.45, 2.75) is 19.8 Å². The molecule has 2 rings (SSSR count). The number of halogens is 1. The zero-order valence-corrected chi connectivity index (χ0v) is 12.6. The summed E-state index contributed by atoms with van der Waals surface area (Å²) in [5.74, 6) is 0.223. The molecule has 2 aromatic rings. The van der Waals surface area contributed by atoms with Crippen molar-refractivity contribution in [1.29, 1.82) is 5.26 Å². The lowest BCUT2D eigenvalue weighted by molar-refractivity contribution is -0.115. The zero-order chi connectivity index (χ0) is 15.4. The van der Waals surface area contributed by atoms with Gasteiger partial charge in [-0.1, -0.05) is 30.7 Å². The van der Waals surface area contributed by atoms with Crippen molar-refractivity contribution in [2.24, 2.45) is 7.05 Å². The number of anilines is 1. The third kappa shape index (κ3) is 3.41. The van der Waals surface area contributed by atoms with Gasteiger partial charge in [0.25, 0.3) is 0 Å². The van der Waals surface area contributed by atoms with Crippen molar-refractivity contribution in [3.05, 3.63) is 46.1 Å². The first kappa shape index (κ1) is 15.1. The van der Waals surface area contributed by atoms with Crippen LogP contribution in [0.3, 0.4) is 0 Å². The highest BCUT2D eigenvalue weighted by Gasteiger charge is 2.17. The van der Waals surface area contributed by atoms with Crippen LogP contribution < -0.4 is 5.32 Å². The van der Waals surface area contributed by atoms with Crippen LogP contribution in [0.4, 0.5) is 5.82 Å². The first-order valence-corrected chi connectivity index (χ1v) is 6.93. The number of hydrogen-bond acceptors (Lipinski definition) is 3. The first-order chi connectivity index (χ1) is 10.0. The van der Waals surface area contributed by atoms with E-state index < -0.39 is 0 Å². The highest BCUT2D eigenvalue weighted by atomic mass is 35.5. The second kappa shape index (κ2) is 6.42. The van der Waals surface area contributed by atoms with Gasteiger partial charge in [0, 0.05) is 12.1 Å². The summed E-state index contributed by atoms with van der Waals surface area (Å²) in [5, 5.41) is 16.8. The molecule has 0 unspecified atom stereocenters. The second-order valence-electron chi connectivity index (χ2n) is 4.61. The van der Waals surface area contributed by atoms with Gasteiger partial charge in [-0.25, -0.2) is 0 Å². The van der Waals surface area contributed by atoms with E-state index in [9.17, 15) is 10.1 Å². The van der Waals surface area contributed by atoms with Gasteiger partial charge in [-0.15, -0.1) is 0 Å². The summed E-state index contributed by atoms with van der Waals surface area (Å²) in [4.78, 5) is 12.1. The Morgan fingerprint density at radius 1 is 1.52 bits per heavy atom. The summed E-state index contributed by atoms with van der Waals surface area (Å²) >= 11 is 5.89. The Kier molecular flexibility index (Phi) is 4.61. The minimum Gasteiger partial charge on any atom is -0.310 e. The molecule has 0 aliphatic rings. The molecular weight excluding hydrogens is 288 g/mol. The van der Waals surface area contributed by atoms with Crippen LogP contribution in [-0.2, 0) is 24.7 Å². The maximum Gasteiger partial charge on any atom is 0.229 e. The largest absolute Gasteiger partial charge is 0.310 e. The number of benzene rings is 1. The average molecular weight is 303 g/mol. The van der Waals surface area contributed by atoms with Gasteiger partial charge in [-0.3, -0.25) is 9.48 Å². The van der Waals surface area contributed by atoms with Crippen molar-refractivity contribution in [1.82, 2.24) is 9.78 Å². The summed E-state index contributed by atoms with van der Waals surface area (Å²) < 4.78 is 1.52. The molecule has 0 saturated heterocycles. The number of rotatable bonds is 4. The van der Waals surface area contributed by atoms with Crippen LogP contribution in [0.25, 0.3) is 0 Å². The zero-order valence-electron chi connectivity index (χ0n) is 11.9. The van der Waals surface area contributed by atoms with E-state index in [1.54, 1.807) is 25.2 Å². The molecule has 0 saturated carbocycles.